The number of Topliss-reactive ketones (excluding diaryl/α,β-unsaturated/α-hetero) is 1. The Morgan fingerprint density at radius 3 is 2.63 bits per heavy atom. The number of hydrogen-bond acceptors (Lipinski definition) is 4. The number of thioether (sulfide) groups is 1. The largest absolute Gasteiger partial charge is 0.292 e. The summed E-state index contributed by atoms with van der Waals surface area (Å²) in [6, 6.07) is 2.70. The highest BCUT2D eigenvalue weighted by atomic mass is 32.2. The van der Waals surface area contributed by atoms with Crippen molar-refractivity contribution in [3.8, 4) is 0 Å². The second-order valence-electron chi connectivity index (χ2n) is 3.90. The van der Waals surface area contributed by atoms with Gasteiger partial charge < -0.3 is 0 Å². The second kappa shape index (κ2) is 5.48. The van der Waals surface area contributed by atoms with Crippen LogP contribution >= 0.6 is 11.8 Å². The van der Waals surface area contributed by atoms with Crippen molar-refractivity contribution >= 4 is 28.7 Å². The molecule has 0 atom stereocenters. The van der Waals surface area contributed by atoms with Gasteiger partial charge in [-0.3, -0.25) is 19.3 Å². The number of halogens is 2. The Morgan fingerprint density at radius 2 is 2.00 bits per heavy atom. The number of amides is 2. The third kappa shape index (κ3) is 2.98. The van der Waals surface area contributed by atoms with Crippen molar-refractivity contribution in [1.82, 2.24) is 4.90 Å². The van der Waals surface area contributed by atoms with Crippen molar-refractivity contribution in [3.63, 3.8) is 0 Å². The zero-order chi connectivity index (χ0) is 14.0. The Hall–Kier alpha value is -1.76. The topological polar surface area (TPSA) is 54.5 Å². The predicted molar refractivity (Wildman–Crippen MR) is 64.9 cm³/mol. The zero-order valence-corrected chi connectivity index (χ0v) is 10.5. The lowest BCUT2D eigenvalue weighted by Gasteiger charge is -2.23. The molecule has 1 heterocycles. The van der Waals surface area contributed by atoms with Crippen LogP contribution in [0.25, 0.3) is 0 Å². The molecule has 0 unspecified atom stereocenters. The molecule has 0 N–H and O–H groups in total. The molecule has 100 valence electrons. The molecule has 0 aliphatic carbocycles. The molecule has 7 heteroatoms. The number of rotatable bonds is 3. The predicted octanol–water partition coefficient (Wildman–Crippen LogP) is 2.23. The van der Waals surface area contributed by atoms with Crippen LogP contribution in [0.5, 0.6) is 0 Å². The van der Waals surface area contributed by atoms with Crippen molar-refractivity contribution < 1.29 is 23.2 Å². The minimum absolute atomic E-state index is 0.0740. The van der Waals surface area contributed by atoms with Crippen LogP contribution in [0.4, 0.5) is 13.6 Å². The number of carbonyl (C=O) groups excluding carboxylic acids is 3. The first-order valence-corrected chi connectivity index (χ1v) is 6.43. The van der Waals surface area contributed by atoms with Gasteiger partial charge in [-0.2, -0.15) is 0 Å². The lowest BCUT2D eigenvalue weighted by molar-refractivity contribution is -0.127. The average Bonchev–Trinajstić information content (AvgIpc) is 2.37. The summed E-state index contributed by atoms with van der Waals surface area (Å²) in [6.45, 7) is -0.449. The maximum Gasteiger partial charge on any atom is 0.288 e. The molecular weight excluding hydrogens is 276 g/mol. The van der Waals surface area contributed by atoms with Gasteiger partial charge in [-0.1, -0.05) is 11.8 Å². The molecule has 0 saturated carbocycles. The van der Waals surface area contributed by atoms with Gasteiger partial charge in [0.2, 0.25) is 5.91 Å². The molecule has 2 amide bonds. The summed E-state index contributed by atoms with van der Waals surface area (Å²) in [4.78, 5) is 35.6. The third-order valence-corrected chi connectivity index (χ3v) is 3.48. The first-order chi connectivity index (χ1) is 8.99. The molecule has 1 fully saturated rings. The summed E-state index contributed by atoms with van der Waals surface area (Å²) in [7, 11) is 0. The molecule has 1 aliphatic rings. The highest BCUT2D eigenvalue weighted by Gasteiger charge is 2.28. The first-order valence-electron chi connectivity index (χ1n) is 5.44. The van der Waals surface area contributed by atoms with E-state index in [1.807, 2.05) is 0 Å². The van der Waals surface area contributed by atoms with Crippen molar-refractivity contribution in [1.29, 1.82) is 0 Å². The molecule has 1 aromatic rings. The second-order valence-corrected chi connectivity index (χ2v) is 4.94. The normalized spacial score (nSPS) is 15.8. The summed E-state index contributed by atoms with van der Waals surface area (Å²) >= 11 is 0.953. The fourth-order valence-electron chi connectivity index (χ4n) is 1.60. The van der Waals surface area contributed by atoms with Crippen LogP contribution in [-0.4, -0.2) is 34.1 Å². The van der Waals surface area contributed by atoms with Gasteiger partial charge in [0.05, 0.1) is 6.54 Å². The third-order valence-electron chi connectivity index (χ3n) is 2.61. The van der Waals surface area contributed by atoms with Gasteiger partial charge in [0.1, 0.15) is 0 Å². The first kappa shape index (κ1) is 13.7. The van der Waals surface area contributed by atoms with E-state index in [0.717, 1.165) is 34.9 Å². The molecule has 1 aromatic carbocycles. The molecular formula is C12H9F2NO3S. The Morgan fingerprint density at radius 1 is 1.26 bits per heavy atom. The minimum atomic E-state index is -1.14. The van der Waals surface area contributed by atoms with Crippen LogP contribution in [0.15, 0.2) is 18.2 Å². The monoisotopic (exact) mass is 285 g/mol. The fourth-order valence-corrected chi connectivity index (χ4v) is 2.37. The fraction of sp³-hybridized carbons (Fsp3) is 0.250. The molecule has 1 saturated heterocycles. The van der Waals surface area contributed by atoms with Crippen molar-refractivity contribution in [2.24, 2.45) is 0 Å². The Bertz CT molecular complexity index is 546. The summed E-state index contributed by atoms with van der Waals surface area (Å²) in [6.07, 6.45) is 0.182. The van der Waals surface area contributed by atoms with Gasteiger partial charge in [-0.15, -0.1) is 0 Å². The maximum absolute atomic E-state index is 13.0. The molecule has 19 heavy (non-hydrogen) atoms. The zero-order valence-electron chi connectivity index (χ0n) is 9.69. The van der Waals surface area contributed by atoms with E-state index in [1.165, 1.54) is 0 Å². The van der Waals surface area contributed by atoms with E-state index in [4.69, 9.17) is 0 Å². The number of ketones is 1. The van der Waals surface area contributed by atoms with E-state index in [-0.39, 0.29) is 12.0 Å². The highest BCUT2D eigenvalue weighted by molar-refractivity contribution is 8.13. The van der Waals surface area contributed by atoms with E-state index in [9.17, 15) is 23.2 Å². The molecule has 2 rings (SSSR count). The number of carbonyl (C=O) groups is 3. The number of benzene rings is 1. The smallest absolute Gasteiger partial charge is 0.288 e. The van der Waals surface area contributed by atoms with E-state index >= 15 is 0 Å². The maximum atomic E-state index is 13.0. The lowest BCUT2D eigenvalue weighted by Crippen LogP contribution is -2.41. The number of hydrogen-bond donors (Lipinski definition) is 0. The van der Waals surface area contributed by atoms with Gasteiger partial charge in [0.25, 0.3) is 5.24 Å². The van der Waals surface area contributed by atoms with Crippen LogP contribution in [0.1, 0.15) is 16.8 Å². The van der Waals surface area contributed by atoms with E-state index < -0.39 is 35.1 Å². The number of imide groups is 1. The van der Waals surface area contributed by atoms with Gasteiger partial charge in [0.15, 0.2) is 17.4 Å². The van der Waals surface area contributed by atoms with E-state index in [2.05, 4.69) is 0 Å². The van der Waals surface area contributed by atoms with E-state index in [0.29, 0.717) is 5.75 Å². The minimum Gasteiger partial charge on any atom is -0.292 e. The Labute approximate surface area is 111 Å². The number of nitrogens with zero attached hydrogens (tertiary/aromatic N) is 1. The molecule has 0 spiro atoms. The molecule has 0 aromatic heterocycles. The lowest BCUT2D eigenvalue weighted by atomic mass is 10.1. The van der Waals surface area contributed by atoms with Crippen LogP contribution < -0.4 is 0 Å². The Kier molecular flexibility index (Phi) is 3.94. The Balaban J connectivity index is 2.14. The molecule has 4 nitrogen and oxygen atoms in total. The average molecular weight is 285 g/mol. The van der Waals surface area contributed by atoms with Crippen LogP contribution in [-0.2, 0) is 4.79 Å². The summed E-state index contributed by atoms with van der Waals surface area (Å²) in [5.41, 5.74) is -0.0740. The van der Waals surface area contributed by atoms with Crippen LogP contribution in [0.3, 0.4) is 0 Å². The summed E-state index contributed by atoms with van der Waals surface area (Å²) in [5.74, 6) is -2.84. The molecule has 0 radical (unpaired) electrons. The van der Waals surface area contributed by atoms with Crippen LogP contribution in [0.2, 0.25) is 0 Å². The quantitative estimate of drug-likeness (QED) is 0.799. The van der Waals surface area contributed by atoms with Crippen LogP contribution in [0, 0.1) is 11.6 Å². The summed E-state index contributed by atoms with van der Waals surface area (Å²) in [5, 5.41) is -0.493. The highest BCUT2D eigenvalue weighted by Crippen LogP contribution is 2.19. The van der Waals surface area contributed by atoms with Crippen molar-refractivity contribution in [2.75, 3.05) is 12.3 Å². The SMILES string of the molecule is O=C(CN1C(=O)CCSC1=O)c1ccc(F)c(F)c1. The van der Waals surface area contributed by atoms with Crippen molar-refractivity contribution in [3.05, 3.63) is 35.4 Å². The van der Waals surface area contributed by atoms with Crippen molar-refractivity contribution in [2.45, 2.75) is 6.42 Å². The molecule has 0 bridgehead atoms. The van der Waals surface area contributed by atoms with E-state index in [1.54, 1.807) is 0 Å². The standard InChI is InChI=1S/C12H9F2NO3S/c13-8-2-1-7(5-9(8)14)10(16)6-15-11(17)3-4-19-12(15)18/h1-2,5H,3-4,6H2. The van der Waals surface area contributed by atoms with Gasteiger partial charge in [0, 0.05) is 17.7 Å². The van der Waals surface area contributed by atoms with Gasteiger partial charge in [-0.05, 0) is 18.2 Å². The van der Waals surface area contributed by atoms with Gasteiger partial charge in [-0.25, -0.2) is 8.78 Å². The van der Waals surface area contributed by atoms with Gasteiger partial charge >= 0.3 is 0 Å². The molecule has 1 aliphatic heterocycles. The summed E-state index contributed by atoms with van der Waals surface area (Å²) < 4.78 is 25.7.